The lowest BCUT2D eigenvalue weighted by Gasteiger charge is -2.18. The number of hydrogen-bond donors (Lipinski definition) is 0. The average Bonchev–Trinajstić information content (AvgIpc) is 2.86. The van der Waals surface area contributed by atoms with Gasteiger partial charge < -0.3 is 14.2 Å². The van der Waals surface area contributed by atoms with E-state index in [9.17, 15) is 4.79 Å². The van der Waals surface area contributed by atoms with E-state index in [-0.39, 0.29) is 11.9 Å². The Kier molecular flexibility index (Phi) is 5.07. The Morgan fingerprint density at radius 3 is 2.62 bits per heavy atom. The van der Waals surface area contributed by atoms with Gasteiger partial charge in [-0.1, -0.05) is 6.92 Å². The lowest BCUT2D eigenvalue weighted by molar-refractivity contribution is -0.146. The van der Waals surface area contributed by atoms with Gasteiger partial charge in [0.1, 0.15) is 11.5 Å². The van der Waals surface area contributed by atoms with Crippen LogP contribution in [0.5, 0.6) is 11.5 Å². The van der Waals surface area contributed by atoms with Crippen LogP contribution in [0.3, 0.4) is 0 Å². The number of benzene rings is 1. The van der Waals surface area contributed by atoms with Crippen molar-refractivity contribution in [3.05, 3.63) is 23.8 Å². The smallest absolute Gasteiger partial charge is 0.310 e. The number of ether oxygens (including phenoxy) is 3. The second-order valence-corrected chi connectivity index (χ2v) is 5.48. The second-order valence-electron chi connectivity index (χ2n) is 5.48. The number of methoxy groups -OCH3 is 3. The molecule has 1 fully saturated rings. The van der Waals surface area contributed by atoms with Crippen LogP contribution in [0.4, 0.5) is 0 Å². The summed E-state index contributed by atoms with van der Waals surface area (Å²) in [5.41, 5.74) is 1.06. The second kappa shape index (κ2) is 6.80. The van der Waals surface area contributed by atoms with E-state index in [0.717, 1.165) is 30.2 Å². The fourth-order valence-corrected chi connectivity index (χ4v) is 2.90. The third-order valence-electron chi connectivity index (χ3n) is 4.07. The van der Waals surface area contributed by atoms with E-state index in [0.29, 0.717) is 12.5 Å². The van der Waals surface area contributed by atoms with Gasteiger partial charge in [-0.3, -0.25) is 9.69 Å². The highest BCUT2D eigenvalue weighted by atomic mass is 16.5. The van der Waals surface area contributed by atoms with Crippen molar-refractivity contribution in [1.29, 1.82) is 0 Å². The van der Waals surface area contributed by atoms with Crippen LogP contribution in [0.2, 0.25) is 0 Å². The lowest BCUT2D eigenvalue weighted by Crippen LogP contribution is -2.24. The molecule has 0 N–H and O–H groups in total. The van der Waals surface area contributed by atoms with Gasteiger partial charge in [0.2, 0.25) is 0 Å². The number of carbonyl (C=O) groups is 1. The van der Waals surface area contributed by atoms with E-state index in [4.69, 9.17) is 14.2 Å². The summed E-state index contributed by atoms with van der Waals surface area (Å²) >= 11 is 0. The van der Waals surface area contributed by atoms with Gasteiger partial charge >= 0.3 is 5.97 Å². The molecule has 1 heterocycles. The molecule has 0 aliphatic carbocycles. The molecular formula is C16H23NO4. The Hall–Kier alpha value is -1.75. The first-order chi connectivity index (χ1) is 10.1. The minimum atomic E-state index is -0.123. The molecule has 5 nitrogen and oxygen atoms in total. The number of esters is 1. The van der Waals surface area contributed by atoms with Crippen LogP contribution < -0.4 is 9.47 Å². The Labute approximate surface area is 125 Å². The number of nitrogens with zero attached hydrogens (tertiary/aromatic N) is 1. The molecule has 0 bridgehead atoms. The standard InChI is InChI=1S/C16H23NO4/c1-11-8-17(10-14(11)16(18)21-4)9-12-7-13(19-2)5-6-15(12)20-3/h5-7,11,14H,8-10H2,1-4H3. The molecule has 1 saturated heterocycles. The van der Waals surface area contributed by atoms with Crippen molar-refractivity contribution in [1.82, 2.24) is 4.90 Å². The molecule has 2 rings (SSSR count). The molecule has 1 aliphatic heterocycles. The van der Waals surface area contributed by atoms with Crippen LogP contribution in [0.1, 0.15) is 12.5 Å². The van der Waals surface area contributed by atoms with Gasteiger partial charge in [0.05, 0.1) is 27.2 Å². The largest absolute Gasteiger partial charge is 0.497 e. The Bertz CT molecular complexity index is 503. The fraction of sp³-hybridized carbons (Fsp3) is 0.562. The first-order valence-electron chi connectivity index (χ1n) is 7.10. The van der Waals surface area contributed by atoms with Crippen LogP contribution in [-0.4, -0.2) is 45.3 Å². The van der Waals surface area contributed by atoms with Gasteiger partial charge in [-0.2, -0.15) is 0 Å². The maximum absolute atomic E-state index is 11.8. The highest BCUT2D eigenvalue weighted by Crippen LogP contribution is 2.29. The van der Waals surface area contributed by atoms with Crippen molar-refractivity contribution in [3.63, 3.8) is 0 Å². The highest BCUT2D eigenvalue weighted by molar-refractivity contribution is 5.73. The first-order valence-corrected chi connectivity index (χ1v) is 7.10. The Morgan fingerprint density at radius 2 is 2.00 bits per heavy atom. The molecule has 1 aromatic carbocycles. The maximum atomic E-state index is 11.8. The molecule has 2 atom stereocenters. The van der Waals surface area contributed by atoms with Crippen molar-refractivity contribution < 1.29 is 19.0 Å². The van der Waals surface area contributed by atoms with Crippen molar-refractivity contribution in [2.75, 3.05) is 34.4 Å². The van der Waals surface area contributed by atoms with Crippen LogP contribution in [-0.2, 0) is 16.1 Å². The van der Waals surface area contributed by atoms with Gasteiger partial charge in [-0.05, 0) is 24.1 Å². The van der Waals surface area contributed by atoms with Gasteiger partial charge in [-0.15, -0.1) is 0 Å². The third-order valence-corrected chi connectivity index (χ3v) is 4.07. The zero-order valence-corrected chi connectivity index (χ0v) is 13.1. The molecule has 2 unspecified atom stereocenters. The molecule has 0 saturated carbocycles. The van der Waals surface area contributed by atoms with E-state index in [1.54, 1.807) is 14.2 Å². The van der Waals surface area contributed by atoms with E-state index in [1.165, 1.54) is 7.11 Å². The van der Waals surface area contributed by atoms with Gasteiger partial charge in [0, 0.05) is 25.2 Å². The van der Waals surface area contributed by atoms with Crippen LogP contribution in [0, 0.1) is 11.8 Å². The van der Waals surface area contributed by atoms with Crippen molar-refractivity contribution in [3.8, 4) is 11.5 Å². The summed E-state index contributed by atoms with van der Waals surface area (Å²) in [5.74, 6) is 1.77. The van der Waals surface area contributed by atoms with E-state index in [2.05, 4.69) is 11.8 Å². The molecule has 1 aliphatic rings. The maximum Gasteiger partial charge on any atom is 0.310 e. The van der Waals surface area contributed by atoms with Gasteiger partial charge in [0.15, 0.2) is 0 Å². The monoisotopic (exact) mass is 293 g/mol. The number of hydrogen-bond acceptors (Lipinski definition) is 5. The fourth-order valence-electron chi connectivity index (χ4n) is 2.90. The van der Waals surface area contributed by atoms with Crippen molar-refractivity contribution >= 4 is 5.97 Å². The third kappa shape index (κ3) is 3.47. The van der Waals surface area contributed by atoms with Crippen LogP contribution in [0.15, 0.2) is 18.2 Å². The molecule has 0 aromatic heterocycles. The summed E-state index contributed by atoms with van der Waals surface area (Å²) in [6.45, 7) is 4.41. The molecule has 21 heavy (non-hydrogen) atoms. The molecular weight excluding hydrogens is 270 g/mol. The summed E-state index contributed by atoms with van der Waals surface area (Å²) in [5, 5.41) is 0. The minimum absolute atomic E-state index is 0.0494. The quantitative estimate of drug-likeness (QED) is 0.777. The number of carbonyl (C=O) groups excluding carboxylic acids is 1. The molecule has 0 radical (unpaired) electrons. The Balaban J connectivity index is 2.10. The van der Waals surface area contributed by atoms with E-state index in [1.807, 2.05) is 18.2 Å². The zero-order chi connectivity index (χ0) is 15.4. The van der Waals surface area contributed by atoms with E-state index >= 15 is 0 Å². The van der Waals surface area contributed by atoms with Crippen LogP contribution in [0.25, 0.3) is 0 Å². The SMILES string of the molecule is COC(=O)C1CN(Cc2cc(OC)ccc2OC)CC1C. The predicted octanol–water partition coefficient (Wildman–Crippen LogP) is 1.94. The summed E-state index contributed by atoms with van der Waals surface area (Å²) in [6, 6.07) is 5.77. The summed E-state index contributed by atoms with van der Waals surface area (Å²) < 4.78 is 15.5. The molecule has 1 aromatic rings. The average molecular weight is 293 g/mol. The van der Waals surface area contributed by atoms with Crippen molar-refractivity contribution in [2.45, 2.75) is 13.5 Å². The van der Waals surface area contributed by atoms with Gasteiger partial charge in [-0.25, -0.2) is 0 Å². The predicted molar refractivity (Wildman–Crippen MR) is 79.5 cm³/mol. The zero-order valence-electron chi connectivity index (χ0n) is 13.1. The molecule has 5 heteroatoms. The minimum Gasteiger partial charge on any atom is -0.497 e. The van der Waals surface area contributed by atoms with Crippen molar-refractivity contribution in [2.24, 2.45) is 11.8 Å². The van der Waals surface area contributed by atoms with E-state index < -0.39 is 0 Å². The lowest BCUT2D eigenvalue weighted by atomic mass is 9.99. The normalized spacial score (nSPS) is 22.1. The summed E-state index contributed by atoms with van der Waals surface area (Å²) in [4.78, 5) is 14.0. The molecule has 116 valence electrons. The first kappa shape index (κ1) is 15.6. The number of likely N-dealkylation sites (tertiary alicyclic amines) is 1. The summed E-state index contributed by atoms with van der Waals surface area (Å²) in [6.07, 6.45) is 0. The summed E-state index contributed by atoms with van der Waals surface area (Å²) in [7, 11) is 4.76. The number of rotatable bonds is 5. The topological polar surface area (TPSA) is 48.0 Å². The Morgan fingerprint density at radius 1 is 1.24 bits per heavy atom. The molecule has 0 amide bonds. The van der Waals surface area contributed by atoms with Gasteiger partial charge in [0.25, 0.3) is 0 Å². The van der Waals surface area contributed by atoms with Crippen LogP contribution >= 0.6 is 0 Å². The highest BCUT2D eigenvalue weighted by Gasteiger charge is 2.35. The molecule has 0 spiro atoms.